The van der Waals surface area contributed by atoms with Crippen molar-refractivity contribution < 1.29 is 4.79 Å². The smallest absolute Gasteiger partial charge is 0.223 e. The topological polar surface area (TPSA) is 55.1 Å². The molecule has 82 valence electrons. The lowest BCUT2D eigenvalue weighted by Gasteiger charge is -2.31. The lowest BCUT2D eigenvalue weighted by Crippen LogP contribution is -2.45. The maximum atomic E-state index is 11.6. The Morgan fingerprint density at radius 3 is 2.43 bits per heavy atom. The Morgan fingerprint density at radius 2 is 2.07 bits per heavy atom. The largest absolute Gasteiger partial charge is 0.353 e. The van der Waals surface area contributed by atoms with Crippen molar-refractivity contribution in [2.45, 2.75) is 46.1 Å². The molecule has 0 aliphatic heterocycles. The van der Waals surface area contributed by atoms with Crippen LogP contribution in [0.4, 0.5) is 0 Å². The highest BCUT2D eigenvalue weighted by molar-refractivity contribution is 5.81. The second-order valence-electron chi connectivity index (χ2n) is 5.28. The van der Waals surface area contributed by atoms with Gasteiger partial charge in [-0.25, -0.2) is 0 Å². The molecule has 0 aromatic rings. The van der Waals surface area contributed by atoms with Gasteiger partial charge >= 0.3 is 0 Å². The van der Waals surface area contributed by atoms with E-state index in [0.29, 0.717) is 6.54 Å². The number of nitrogens with one attached hydrogen (secondary N) is 1. The third kappa shape index (κ3) is 3.29. The van der Waals surface area contributed by atoms with Crippen LogP contribution in [0.1, 0.15) is 40.0 Å². The van der Waals surface area contributed by atoms with Crippen LogP contribution in [-0.2, 0) is 4.79 Å². The molecule has 14 heavy (non-hydrogen) atoms. The van der Waals surface area contributed by atoms with Crippen molar-refractivity contribution in [3.63, 3.8) is 0 Å². The third-order valence-corrected chi connectivity index (χ3v) is 2.77. The summed E-state index contributed by atoms with van der Waals surface area (Å²) in [6.45, 7) is 7.05. The Labute approximate surface area is 86.4 Å². The first kappa shape index (κ1) is 11.5. The van der Waals surface area contributed by atoms with Gasteiger partial charge < -0.3 is 11.1 Å². The van der Waals surface area contributed by atoms with E-state index in [2.05, 4.69) is 26.1 Å². The van der Waals surface area contributed by atoms with E-state index in [0.717, 1.165) is 19.3 Å². The van der Waals surface area contributed by atoms with E-state index in [-0.39, 0.29) is 23.3 Å². The van der Waals surface area contributed by atoms with Gasteiger partial charge in [0.2, 0.25) is 5.91 Å². The van der Waals surface area contributed by atoms with Crippen molar-refractivity contribution in [3.8, 4) is 0 Å². The minimum Gasteiger partial charge on any atom is -0.353 e. The highest BCUT2D eigenvalue weighted by atomic mass is 16.2. The van der Waals surface area contributed by atoms with Crippen LogP contribution in [0.25, 0.3) is 0 Å². The molecule has 3 N–H and O–H groups in total. The van der Waals surface area contributed by atoms with E-state index in [1.54, 1.807) is 0 Å². The number of carbonyl (C=O) groups excluding carboxylic acids is 1. The van der Waals surface area contributed by atoms with Crippen LogP contribution in [0, 0.1) is 11.3 Å². The van der Waals surface area contributed by atoms with Gasteiger partial charge in [0.1, 0.15) is 0 Å². The summed E-state index contributed by atoms with van der Waals surface area (Å²) in [5.74, 6) is 0.510. The van der Waals surface area contributed by atoms with Crippen LogP contribution in [-0.4, -0.2) is 18.5 Å². The monoisotopic (exact) mass is 198 g/mol. The average Bonchev–Trinajstić information content (AvgIpc) is 2.83. The van der Waals surface area contributed by atoms with Gasteiger partial charge in [0, 0.05) is 12.0 Å². The highest BCUT2D eigenvalue weighted by Crippen LogP contribution is 2.30. The fourth-order valence-electron chi connectivity index (χ4n) is 1.52. The number of nitrogens with two attached hydrogens (primary N) is 1. The molecule has 1 aliphatic rings. The summed E-state index contributed by atoms with van der Waals surface area (Å²) in [7, 11) is 0. The van der Waals surface area contributed by atoms with Crippen LogP contribution in [0.3, 0.4) is 0 Å². The number of rotatable bonds is 4. The second-order valence-corrected chi connectivity index (χ2v) is 5.28. The van der Waals surface area contributed by atoms with Crippen molar-refractivity contribution in [1.29, 1.82) is 0 Å². The normalized spacial score (nSPS) is 19.1. The summed E-state index contributed by atoms with van der Waals surface area (Å²) in [5.41, 5.74) is 5.64. The first-order valence-electron chi connectivity index (χ1n) is 5.45. The first-order chi connectivity index (χ1) is 6.45. The van der Waals surface area contributed by atoms with Crippen LogP contribution in [0.5, 0.6) is 0 Å². The Bertz CT molecular complexity index is 204. The van der Waals surface area contributed by atoms with Gasteiger partial charge in [-0.05, 0) is 31.2 Å². The van der Waals surface area contributed by atoms with Crippen LogP contribution in [0.2, 0.25) is 0 Å². The molecule has 0 radical (unpaired) electrons. The summed E-state index contributed by atoms with van der Waals surface area (Å²) in [6, 6.07) is 0.209. The number of hydrogen-bond acceptors (Lipinski definition) is 2. The molecule has 3 heteroatoms. The van der Waals surface area contributed by atoms with Gasteiger partial charge in [-0.15, -0.1) is 0 Å². The predicted octanol–water partition coefficient (Wildman–Crippen LogP) is 1.28. The third-order valence-electron chi connectivity index (χ3n) is 2.77. The SMILES string of the molecule is CC(C)(C)C(CCN)NC(=O)C1CC1. The molecule has 1 aliphatic carbocycles. The minimum absolute atomic E-state index is 0.101. The summed E-state index contributed by atoms with van der Waals surface area (Å²) in [5, 5.41) is 3.10. The van der Waals surface area contributed by atoms with E-state index in [4.69, 9.17) is 5.73 Å². The average molecular weight is 198 g/mol. The Kier molecular flexibility index (Phi) is 3.53. The highest BCUT2D eigenvalue weighted by Gasteiger charge is 2.33. The lowest BCUT2D eigenvalue weighted by molar-refractivity contribution is -0.123. The summed E-state index contributed by atoms with van der Waals surface area (Å²) in [6.07, 6.45) is 2.98. The van der Waals surface area contributed by atoms with Crippen molar-refractivity contribution in [1.82, 2.24) is 5.32 Å². The number of amides is 1. The first-order valence-corrected chi connectivity index (χ1v) is 5.45. The molecular formula is C11H22N2O. The molecule has 1 amide bonds. The van der Waals surface area contributed by atoms with Crippen LogP contribution in [0.15, 0.2) is 0 Å². The van der Waals surface area contributed by atoms with Crippen molar-refractivity contribution in [3.05, 3.63) is 0 Å². The Balaban J connectivity index is 2.45. The number of hydrogen-bond donors (Lipinski definition) is 2. The van der Waals surface area contributed by atoms with Gasteiger partial charge in [0.05, 0.1) is 0 Å². The van der Waals surface area contributed by atoms with E-state index < -0.39 is 0 Å². The van der Waals surface area contributed by atoms with Gasteiger partial charge in [-0.2, -0.15) is 0 Å². The quantitative estimate of drug-likeness (QED) is 0.715. The second kappa shape index (κ2) is 4.30. The maximum absolute atomic E-state index is 11.6. The van der Waals surface area contributed by atoms with Crippen molar-refractivity contribution >= 4 is 5.91 Å². The molecule has 0 heterocycles. The predicted molar refractivity (Wildman–Crippen MR) is 57.8 cm³/mol. The van der Waals surface area contributed by atoms with Gasteiger partial charge in [-0.3, -0.25) is 4.79 Å². The summed E-state index contributed by atoms with van der Waals surface area (Å²) < 4.78 is 0. The summed E-state index contributed by atoms with van der Waals surface area (Å²) >= 11 is 0. The zero-order valence-corrected chi connectivity index (χ0v) is 9.47. The molecule has 1 atom stereocenters. The van der Waals surface area contributed by atoms with E-state index >= 15 is 0 Å². The lowest BCUT2D eigenvalue weighted by atomic mass is 9.84. The van der Waals surface area contributed by atoms with Gasteiger partial charge in [0.25, 0.3) is 0 Å². The Hall–Kier alpha value is -0.570. The Morgan fingerprint density at radius 1 is 1.50 bits per heavy atom. The van der Waals surface area contributed by atoms with Crippen molar-refractivity contribution in [2.24, 2.45) is 17.1 Å². The molecule has 1 rings (SSSR count). The maximum Gasteiger partial charge on any atom is 0.223 e. The molecule has 1 unspecified atom stereocenters. The van der Waals surface area contributed by atoms with E-state index in [9.17, 15) is 4.79 Å². The van der Waals surface area contributed by atoms with Crippen molar-refractivity contribution in [2.75, 3.05) is 6.54 Å². The molecule has 3 nitrogen and oxygen atoms in total. The van der Waals surface area contributed by atoms with Gasteiger partial charge in [-0.1, -0.05) is 20.8 Å². The molecular weight excluding hydrogens is 176 g/mol. The van der Waals surface area contributed by atoms with Gasteiger partial charge in [0.15, 0.2) is 0 Å². The fourth-order valence-corrected chi connectivity index (χ4v) is 1.52. The van der Waals surface area contributed by atoms with Crippen LogP contribution < -0.4 is 11.1 Å². The zero-order valence-electron chi connectivity index (χ0n) is 9.47. The standard InChI is InChI=1S/C11H22N2O/c1-11(2,3)9(6-7-12)13-10(14)8-4-5-8/h8-9H,4-7,12H2,1-3H3,(H,13,14). The molecule has 1 fully saturated rings. The molecule has 0 bridgehead atoms. The molecule has 0 aromatic carbocycles. The number of carbonyl (C=O) groups is 1. The molecule has 0 spiro atoms. The van der Waals surface area contributed by atoms with E-state index in [1.165, 1.54) is 0 Å². The molecule has 1 saturated carbocycles. The van der Waals surface area contributed by atoms with E-state index in [1.807, 2.05) is 0 Å². The molecule has 0 aromatic heterocycles. The van der Waals surface area contributed by atoms with Crippen LogP contribution >= 0.6 is 0 Å². The fraction of sp³-hybridized carbons (Fsp3) is 0.909. The summed E-state index contributed by atoms with van der Waals surface area (Å²) in [4.78, 5) is 11.6. The molecule has 0 saturated heterocycles. The minimum atomic E-state index is 0.101. The zero-order chi connectivity index (χ0) is 10.8.